The molecule has 6 nitrogen and oxygen atoms in total. The first kappa shape index (κ1) is 19.2. The molecule has 1 aromatic heterocycles. The largest absolute Gasteiger partial charge is 0.496 e. The van der Waals surface area contributed by atoms with Crippen LogP contribution in [0.5, 0.6) is 5.75 Å². The summed E-state index contributed by atoms with van der Waals surface area (Å²) >= 11 is 0. The highest BCUT2D eigenvalue weighted by molar-refractivity contribution is 5.78. The van der Waals surface area contributed by atoms with Crippen LogP contribution in [0.15, 0.2) is 42.6 Å². The smallest absolute Gasteiger partial charge is 0.234 e. The molecule has 0 unspecified atom stereocenters. The predicted molar refractivity (Wildman–Crippen MR) is 107 cm³/mol. The zero-order valence-electron chi connectivity index (χ0n) is 16.1. The molecule has 3 rings (SSSR count). The SMILES string of the molecule is COc1ccccc1CNC(=O)CN1CCCN(c2ccnc(C)c2)CC1. The zero-order chi connectivity index (χ0) is 19.1. The molecule has 0 aliphatic carbocycles. The van der Waals surface area contributed by atoms with Gasteiger partial charge in [0.15, 0.2) is 0 Å². The van der Waals surface area contributed by atoms with Crippen LogP contribution in [-0.2, 0) is 11.3 Å². The molecule has 0 radical (unpaired) electrons. The fraction of sp³-hybridized carbons (Fsp3) is 0.429. The third-order valence-corrected chi connectivity index (χ3v) is 4.87. The van der Waals surface area contributed by atoms with Crippen molar-refractivity contribution in [3.05, 3.63) is 53.9 Å². The number of carbonyl (C=O) groups is 1. The summed E-state index contributed by atoms with van der Waals surface area (Å²) in [7, 11) is 1.65. The lowest BCUT2D eigenvalue weighted by molar-refractivity contribution is -0.122. The summed E-state index contributed by atoms with van der Waals surface area (Å²) < 4.78 is 5.33. The lowest BCUT2D eigenvalue weighted by Crippen LogP contribution is -2.39. The minimum atomic E-state index is 0.0501. The maximum atomic E-state index is 12.4. The van der Waals surface area contributed by atoms with Gasteiger partial charge in [0, 0.05) is 55.9 Å². The number of nitrogens with zero attached hydrogens (tertiary/aromatic N) is 3. The first-order valence-corrected chi connectivity index (χ1v) is 9.44. The van der Waals surface area contributed by atoms with Gasteiger partial charge in [-0.1, -0.05) is 18.2 Å². The predicted octanol–water partition coefficient (Wildman–Crippen LogP) is 2.23. The number of ether oxygens (including phenoxy) is 1. The van der Waals surface area contributed by atoms with Crippen LogP contribution in [-0.4, -0.2) is 55.6 Å². The molecule has 0 atom stereocenters. The number of benzene rings is 1. The molecule has 27 heavy (non-hydrogen) atoms. The normalized spacial score (nSPS) is 15.3. The highest BCUT2D eigenvalue weighted by atomic mass is 16.5. The number of hydrogen-bond donors (Lipinski definition) is 1. The molecule has 0 bridgehead atoms. The molecule has 0 spiro atoms. The van der Waals surface area contributed by atoms with Gasteiger partial charge in [0.2, 0.25) is 5.91 Å². The molecular formula is C21H28N4O2. The van der Waals surface area contributed by atoms with E-state index in [0.29, 0.717) is 13.1 Å². The van der Waals surface area contributed by atoms with Crippen molar-refractivity contribution in [2.75, 3.05) is 44.7 Å². The van der Waals surface area contributed by atoms with Crippen molar-refractivity contribution in [3.8, 4) is 5.75 Å². The third kappa shape index (κ3) is 5.44. The maximum absolute atomic E-state index is 12.4. The summed E-state index contributed by atoms with van der Waals surface area (Å²) in [4.78, 5) is 21.3. The van der Waals surface area contributed by atoms with Gasteiger partial charge in [-0.15, -0.1) is 0 Å². The van der Waals surface area contributed by atoms with E-state index in [9.17, 15) is 4.79 Å². The van der Waals surface area contributed by atoms with Crippen molar-refractivity contribution >= 4 is 11.6 Å². The molecule has 2 aromatic rings. The van der Waals surface area contributed by atoms with Gasteiger partial charge in [-0.25, -0.2) is 0 Å². The Morgan fingerprint density at radius 3 is 2.85 bits per heavy atom. The molecule has 2 heterocycles. The van der Waals surface area contributed by atoms with Crippen LogP contribution >= 0.6 is 0 Å². The number of rotatable bonds is 6. The van der Waals surface area contributed by atoms with Crippen LogP contribution < -0.4 is 15.0 Å². The minimum absolute atomic E-state index is 0.0501. The number of anilines is 1. The highest BCUT2D eigenvalue weighted by Crippen LogP contribution is 2.18. The first-order valence-electron chi connectivity index (χ1n) is 9.44. The van der Waals surface area contributed by atoms with Gasteiger partial charge in [0.05, 0.1) is 13.7 Å². The molecule has 0 saturated carbocycles. The minimum Gasteiger partial charge on any atom is -0.496 e. The number of para-hydroxylation sites is 1. The lowest BCUT2D eigenvalue weighted by Gasteiger charge is -2.23. The van der Waals surface area contributed by atoms with Gasteiger partial charge in [-0.2, -0.15) is 0 Å². The van der Waals surface area contributed by atoms with Gasteiger partial charge in [-0.05, 0) is 31.5 Å². The summed E-state index contributed by atoms with van der Waals surface area (Å²) in [6.07, 6.45) is 2.90. The number of carbonyl (C=O) groups excluding carboxylic acids is 1. The van der Waals surface area contributed by atoms with E-state index in [1.807, 2.05) is 37.4 Å². The lowest BCUT2D eigenvalue weighted by atomic mass is 10.2. The van der Waals surface area contributed by atoms with E-state index in [2.05, 4.69) is 32.2 Å². The Labute approximate surface area is 161 Å². The van der Waals surface area contributed by atoms with Gasteiger partial charge in [0.25, 0.3) is 0 Å². The maximum Gasteiger partial charge on any atom is 0.234 e. The van der Waals surface area contributed by atoms with Crippen molar-refractivity contribution in [1.29, 1.82) is 0 Å². The molecule has 1 aliphatic rings. The average Bonchev–Trinajstić information content (AvgIpc) is 2.92. The van der Waals surface area contributed by atoms with Gasteiger partial charge in [-0.3, -0.25) is 14.7 Å². The number of nitrogens with one attached hydrogen (secondary N) is 1. The summed E-state index contributed by atoms with van der Waals surface area (Å²) in [5, 5.41) is 3.01. The molecule has 1 aromatic carbocycles. The molecule has 1 N–H and O–H groups in total. The Kier molecular flexibility index (Phi) is 6.65. The summed E-state index contributed by atoms with van der Waals surface area (Å²) in [6.45, 7) is 6.66. The number of aromatic nitrogens is 1. The summed E-state index contributed by atoms with van der Waals surface area (Å²) in [5.74, 6) is 0.852. The second kappa shape index (κ2) is 9.37. The fourth-order valence-electron chi connectivity index (χ4n) is 3.42. The zero-order valence-corrected chi connectivity index (χ0v) is 16.1. The van der Waals surface area contributed by atoms with Crippen molar-refractivity contribution < 1.29 is 9.53 Å². The Morgan fingerprint density at radius 1 is 1.19 bits per heavy atom. The average molecular weight is 368 g/mol. The van der Waals surface area contributed by atoms with Crippen LogP contribution in [0.3, 0.4) is 0 Å². The van der Waals surface area contributed by atoms with Crippen molar-refractivity contribution in [1.82, 2.24) is 15.2 Å². The number of pyridine rings is 1. The number of methoxy groups -OCH3 is 1. The first-order chi connectivity index (χ1) is 13.2. The van der Waals surface area contributed by atoms with E-state index < -0.39 is 0 Å². The Morgan fingerprint density at radius 2 is 2.04 bits per heavy atom. The number of amides is 1. The van der Waals surface area contributed by atoms with E-state index in [4.69, 9.17) is 4.74 Å². The number of hydrogen-bond acceptors (Lipinski definition) is 5. The fourth-order valence-corrected chi connectivity index (χ4v) is 3.42. The molecule has 1 aliphatic heterocycles. The standard InChI is InChI=1S/C21H28N4O2/c1-17-14-19(8-9-22-17)25-11-5-10-24(12-13-25)16-21(26)23-15-18-6-3-4-7-20(18)27-2/h3-4,6-9,14H,5,10-13,15-16H2,1-2H3,(H,23,26). The molecule has 144 valence electrons. The van der Waals surface area contributed by atoms with Crippen molar-refractivity contribution in [2.24, 2.45) is 0 Å². The molecule has 1 amide bonds. The van der Waals surface area contributed by atoms with Crippen LogP contribution in [0.2, 0.25) is 0 Å². The molecule has 6 heteroatoms. The second-order valence-corrected chi connectivity index (χ2v) is 6.86. The topological polar surface area (TPSA) is 57.7 Å². The van der Waals surface area contributed by atoms with Crippen molar-refractivity contribution in [2.45, 2.75) is 19.9 Å². The van der Waals surface area contributed by atoms with Gasteiger partial charge >= 0.3 is 0 Å². The summed E-state index contributed by atoms with van der Waals surface area (Å²) in [6, 6.07) is 11.9. The molecular weight excluding hydrogens is 340 g/mol. The monoisotopic (exact) mass is 368 g/mol. The van der Waals surface area contributed by atoms with Gasteiger partial charge < -0.3 is 15.0 Å². The van der Waals surface area contributed by atoms with Gasteiger partial charge in [0.1, 0.15) is 5.75 Å². The Balaban J connectivity index is 1.49. The molecule has 1 fully saturated rings. The third-order valence-electron chi connectivity index (χ3n) is 4.87. The van der Waals surface area contributed by atoms with E-state index in [1.165, 1.54) is 5.69 Å². The summed E-state index contributed by atoms with van der Waals surface area (Å²) in [5.41, 5.74) is 3.23. The van der Waals surface area contributed by atoms with Crippen LogP contribution in [0, 0.1) is 6.92 Å². The van der Waals surface area contributed by atoms with Crippen molar-refractivity contribution in [3.63, 3.8) is 0 Å². The van der Waals surface area contributed by atoms with Crippen LogP contribution in [0.1, 0.15) is 17.7 Å². The van der Waals surface area contributed by atoms with E-state index in [1.54, 1.807) is 7.11 Å². The second-order valence-electron chi connectivity index (χ2n) is 6.86. The quantitative estimate of drug-likeness (QED) is 0.847. The van der Waals surface area contributed by atoms with E-state index in [0.717, 1.165) is 49.6 Å². The van der Waals surface area contributed by atoms with Crippen LogP contribution in [0.25, 0.3) is 0 Å². The Hall–Kier alpha value is -2.60. The van der Waals surface area contributed by atoms with E-state index in [-0.39, 0.29) is 5.91 Å². The number of aryl methyl sites for hydroxylation is 1. The molecule has 1 saturated heterocycles. The highest BCUT2D eigenvalue weighted by Gasteiger charge is 2.17. The van der Waals surface area contributed by atoms with Crippen LogP contribution in [0.4, 0.5) is 5.69 Å². The van der Waals surface area contributed by atoms with E-state index >= 15 is 0 Å². The Bertz CT molecular complexity index is 765.